The fourth-order valence-electron chi connectivity index (χ4n) is 4.42. The number of ether oxygens (including phenoxy) is 1. The molecule has 0 aromatic heterocycles. The molecule has 0 bridgehead atoms. The van der Waals surface area contributed by atoms with Gasteiger partial charge in [0.25, 0.3) is 0 Å². The van der Waals surface area contributed by atoms with E-state index in [0.29, 0.717) is 25.2 Å². The molecule has 0 unspecified atom stereocenters. The van der Waals surface area contributed by atoms with E-state index in [0.717, 1.165) is 51.9 Å². The van der Waals surface area contributed by atoms with Gasteiger partial charge in [0, 0.05) is 26.2 Å². The second-order valence-electron chi connectivity index (χ2n) is 10.8. The van der Waals surface area contributed by atoms with Crippen LogP contribution in [0.2, 0.25) is 0 Å². The fourth-order valence-corrected chi connectivity index (χ4v) is 4.42. The van der Waals surface area contributed by atoms with Gasteiger partial charge in [-0.1, -0.05) is 40.0 Å². The summed E-state index contributed by atoms with van der Waals surface area (Å²) in [6, 6.07) is 1.63. The van der Waals surface area contributed by atoms with Gasteiger partial charge >= 0.3 is 6.09 Å². The van der Waals surface area contributed by atoms with Gasteiger partial charge < -0.3 is 19.9 Å². The molecule has 0 spiro atoms. The minimum absolute atomic E-state index is 0.177. The topological polar surface area (TPSA) is 110 Å². The number of hydrogen-bond donors (Lipinski definition) is 2. The molecule has 2 heterocycles. The van der Waals surface area contributed by atoms with E-state index < -0.39 is 17.7 Å². The van der Waals surface area contributed by atoms with Crippen molar-refractivity contribution in [3.8, 4) is 6.07 Å². The van der Waals surface area contributed by atoms with Crippen LogP contribution in [0, 0.1) is 16.7 Å². The van der Waals surface area contributed by atoms with E-state index in [2.05, 4.69) is 47.3 Å². The molecule has 192 valence electrons. The van der Waals surface area contributed by atoms with Gasteiger partial charge in [-0.25, -0.2) is 9.79 Å². The summed E-state index contributed by atoms with van der Waals surface area (Å²) in [5.41, 5.74) is -1.06. The van der Waals surface area contributed by atoms with Gasteiger partial charge in [0.15, 0.2) is 0 Å². The highest BCUT2D eigenvalue weighted by Gasteiger charge is 2.38. The number of alkyl carbamates (subject to hydrolysis) is 1. The van der Waals surface area contributed by atoms with Crippen molar-refractivity contribution < 1.29 is 14.3 Å². The minimum Gasteiger partial charge on any atom is -0.450 e. The molecule has 34 heavy (non-hydrogen) atoms. The lowest BCUT2D eigenvalue weighted by Gasteiger charge is -2.37. The number of rotatable bonds is 5. The maximum absolute atomic E-state index is 13.5. The van der Waals surface area contributed by atoms with E-state index in [1.54, 1.807) is 6.92 Å². The van der Waals surface area contributed by atoms with Gasteiger partial charge in [-0.3, -0.25) is 10.1 Å². The third-order valence-electron chi connectivity index (χ3n) is 6.45. The summed E-state index contributed by atoms with van der Waals surface area (Å²) in [7, 11) is 2.02. The predicted molar refractivity (Wildman–Crippen MR) is 133 cm³/mol. The van der Waals surface area contributed by atoms with Gasteiger partial charge in [-0.2, -0.15) is 5.26 Å². The van der Waals surface area contributed by atoms with Crippen molar-refractivity contribution in [3.05, 3.63) is 0 Å². The fraction of sp³-hybridized carbons (Fsp3) is 0.840. The second kappa shape index (κ2) is 12.9. The lowest BCUT2D eigenvalue weighted by atomic mass is 9.86. The normalized spacial score (nSPS) is 20.9. The standard InChI is InChI=1S/C25H44N6O3/c1-6-34-23(33)28-22(31-14-10-8-7-9-11-15-31)27-20(18-24(2,3)4)21(32)29-25(19-26)12-16-30(5)17-13-25/h20H,6-18H2,1-5H3,(H,29,32)(H,27,28,33)/t20-/m0/s1. The molecule has 0 saturated carbocycles. The highest BCUT2D eigenvalue weighted by molar-refractivity contribution is 5.96. The molecular weight excluding hydrogens is 432 g/mol. The van der Waals surface area contributed by atoms with E-state index in [4.69, 9.17) is 9.73 Å². The van der Waals surface area contributed by atoms with E-state index in [9.17, 15) is 14.9 Å². The zero-order valence-corrected chi connectivity index (χ0v) is 21.8. The SMILES string of the molecule is CCOC(=O)NC(=N[C@@H](CC(C)(C)C)C(=O)NC1(C#N)CCN(C)CC1)N1CCCCCCC1. The highest BCUT2D eigenvalue weighted by Crippen LogP contribution is 2.26. The van der Waals surface area contributed by atoms with Crippen molar-refractivity contribution in [1.29, 1.82) is 5.26 Å². The van der Waals surface area contributed by atoms with Crippen LogP contribution in [0.3, 0.4) is 0 Å². The number of likely N-dealkylation sites (tertiary alicyclic amines) is 2. The number of carbonyl (C=O) groups is 2. The first-order chi connectivity index (χ1) is 16.1. The van der Waals surface area contributed by atoms with Crippen molar-refractivity contribution in [2.24, 2.45) is 10.4 Å². The summed E-state index contributed by atoms with van der Waals surface area (Å²) in [5.74, 6) is 0.121. The molecule has 9 nitrogen and oxygen atoms in total. The van der Waals surface area contributed by atoms with Crippen molar-refractivity contribution in [3.63, 3.8) is 0 Å². The number of amides is 2. The lowest BCUT2D eigenvalue weighted by molar-refractivity contribution is -0.124. The predicted octanol–water partition coefficient (Wildman–Crippen LogP) is 3.26. The van der Waals surface area contributed by atoms with Gasteiger partial charge in [0.1, 0.15) is 11.6 Å². The van der Waals surface area contributed by atoms with Crippen LogP contribution in [-0.4, -0.2) is 79.2 Å². The van der Waals surface area contributed by atoms with Crippen LogP contribution in [0.25, 0.3) is 0 Å². The van der Waals surface area contributed by atoms with E-state index in [1.807, 2.05) is 7.05 Å². The molecule has 2 aliphatic rings. The van der Waals surface area contributed by atoms with Crippen LogP contribution < -0.4 is 10.6 Å². The zero-order chi connectivity index (χ0) is 25.2. The Labute approximate surface area is 205 Å². The maximum Gasteiger partial charge on any atom is 0.413 e. The molecule has 2 N–H and O–H groups in total. The molecule has 2 aliphatic heterocycles. The molecule has 2 fully saturated rings. The summed E-state index contributed by atoms with van der Waals surface area (Å²) >= 11 is 0. The Kier molecular flexibility index (Phi) is 10.6. The third kappa shape index (κ3) is 9.13. The van der Waals surface area contributed by atoms with Gasteiger partial charge in [-0.15, -0.1) is 0 Å². The number of nitriles is 1. The number of piperidine rings is 1. The van der Waals surface area contributed by atoms with Crippen LogP contribution in [0.15, 0.2) is 4.99 Å². The quantitative estimate of drug-likeness (QED) is 0.465. The third-order valence-corrected chi connectivity index (χ3v) is 6.45. The summed E-state index contributed by atoms with van der Waals surface area (Å²) in [6.07, 6.45) is 6.57. The maximum atomic E-state index is 13.5. The first-order valence-corrected chi connectivity index (χ1v) is 12.8. The lowest BCUT2D eigenvalue weighted by Crippen LogP contribution is -2.56. The molecule has 2 amide bonds. The van der Waals surface area contributed by atoms with E-state index in [-0.39, 0.29) is 17.9 Å². The monoisotopic (exact) mass is 476 g/mol. The molecule has 2 rings (SSSR count). The Morgan fingerprint density at radius 1 is 1.09 bits per heavy atom. The summed E-state index contributed by atoms with van der Waals surface area (Å²) in [6.45, 7) is 11.2. The molecule has 2 saturated heterocycles. The molecule has 0 radical (unpaired) electrons. The van der Waals surface area contributed by atoms with Gasteiger partial charge in [0.05, 0.1) is 12.7 Å². The Bertz CT molecular complexity index is 739. The second-order valence-corrected chi connectivity index (χ2v) is 10.8. The Morgan fingerprint density at radius 2 is 1.68 bits per heavy atom. The summed E-state index contributed by atoms with van der Waals surface area (Å²) < 4.78 is 5.12. The van der Waals surface area contributed by atoms with Crippen molar-refractivity contribution in [2.75, 3.05) is 39.8 Å². The Morgan fingerprint density at radius 3 is 2.21 bits per heavy atom. The average molecular weight is 477 g/mol. The highest BCUT2D eigenvalue weighted by atomic mass is 16.5. The van der Waals surface area contributed by atoms with Crippen LogP contribution in [0.1, 0.15) is 79.1 Å². The summed E-state index contributed by atoms with van der Waals surface area (Å²) in [5, 5.41) is 15.8. The van der Waals surface area contributed by atoms with E-state index >= 15 is 0 Å². The smallest absolute Gasteiger partial charge is 0.413 e. The average Bonchev–Trinajstić information content (AvgIpc) is 2.73. The molecule has 0 aromatic rings. The van der Waals surface area contributed by atoms with Gasteiger partial charge in [-0.05, 0) is 51.5 Å². The van der Waals surface area contributed by atoms with Crippen LogP contribution in [0.4, 0.5) is 4.79 Å². The number of guanidine groups is 1. The van der Waals surface area contributed by atoms with Crippen molar-refractivity contribution >= 4 is 18.0 Å². The largest absolute Gasteiger partial charge is 0.450 e. The first kappa shape index (κ1) is 27.9. The first-order valence-electron chi connectivity index (χ1n) is 12.8. The van der Waals surface area contributed by atoms with Crippen molar-refractivity contribution in [2.45, 2.75) is 90.6 Å². The number of aliphatic imine (C=N–C) groups is 1. The molecular formula is C25H44N6O3. The van der Waals surface area contributed by atoms with Crippen LogP contribution in [-0.2, 0) is 9.53 Å². The zero-order valence-electron chi connectivity index (χ0n) is 21.8. The van der Waals surface area contributed by atoms with Crippen LogP contribution >= 0.6 is 0 Å². The van der Waals surface area contributed by atoms with Crippen molar-refractivity contribution in [1.82, 2.24) is 20.4 Å². The number of carbonyl (C=O) groups excluding carboxylic acids is 2. The molecule has 9 heteroatoms. The number of nitrogens with one attached hydrogen (secondary N) is 2. The molecule has 1 atom stereocenters. The van der Waals surface area contributed by atoms with Gasteiger partial charge in [0.2, 0.25) is 11.9 Å². The minimum atomic E-state index is -0.884. The van der Waals surface area contributed by atoms with E-state index in [1.165, 1.54) is 6.42 Å². The number of hydrogen-bond acceptors (Lipinski definition) is 6. The molecule has 0 aliphatic carbocycles. The van der Waals surface area contributed by atoms with Crippen LogP contribution in [0.5, 0.6) is 0 Å². The summed E-state index contributed by atoms with van der Waals surface area (Å²) in [4.78, 5) is 34.9. The number of nitrogens with zero attached hydrogens (tertiary/aromatic N) is 4. The molecule has 0 aromatic carbocycles. The Hall–Kier alpha value is -2.34. The Balaban J connectivity index is 2.33.